The largest absolute Gasteiger partial charge is 0.481 e. The van der Waals surface area contributed by atoms with E-state index in [2.05, 4.69) is 5.16 Å². The lowest BCUT2D eigenvalue weighted by atomic mass is 9.58. The van der Waals surface area contributed by atoms with Crippen LogP contribution in [0.15, 0.2) is 22.7 Å². The molecule has 5 nitrogen and oxygen atoms in total. The quantitative estimate of drug-likeness (QED) is 0.582. The predicted octanol–water partition coefficient (Wildman–Crippen LogP) is 6.22. The highest BCUT2D eigenvalue weighted by Crippen LogP contribution is 2.55. The number of fused-ring (bicyclic) bond motifs is 3. The smallest absolute Gasteiger partial charge is 0.309 e. The van der Waals surface area contributed by atoms with Crippen LogP contribution < -0.4 is 0 Å². The van der Waals surface area contributed by atoms with E-state index >= 15 is 0 Å². The Balaban J connectivity index is 1.42. The molecular formula is C22H23Cl2NO4. The van der Waals surface area contributed by atoms with E-state index in [1.54, 1.807) is 12.1 Å². The molecular weight excluding hydrogens is 413 g/mol. The minimum Gasteiger partial charge on any atom is -0.481 e. The Labute approximate surface area is 179 Å². The lowest BCUT2D eigenvalue weighted by Gasteiger charge is -2.50. The van der Waals surface area contributed by atoms with Gasteiger partial charge in [-0.3, -0.25) is 4.79 Å². The number of hydrogen-bond acceptors (Lipinski definition) is 4. The van der Waals surface area contributed by atoms with Gasteiger partial charge in [-0.05, 0) is 63.5 Å². The molecule has 6 rings (SSSR count). The molecule has 2 bridgehead atoms. The maximum Gasteiger partial charge on any atom is 0.309 e. The van der Waals surface area contributed by atoms with Gasteiger partial charge in [0.25, 0.3) is 0 Å². The highest BCUT2D eigenvalue weighted by atomic mass is 35.5. The van der Waals surface area contributed by atoms with Gasteiger partial charge in [0.2, 0.25) is 0 Å². The number of halogens is 2. The topological polar surface area (TPSA) is 72.6 Å². The first-order chi connectivity index (χ1) is 13.9. The summed E-state index contributed by atoms with van der Waals surface area (Å²) in [5.41, 5.74) is 1.47. The molecule has 0 atom stereocenters. The number of rotatable bonds is 6. The molecule has 4 aliphatic carbocycles. The van der Waals surface area contributed by atoms with Crippen LogP contribution in [0.5, 0.6) is 0 Å². The van der Waals surface area contributed by atoms with Crippen molar-refractivity contribution in [2.75, 3.05) is 0 Å². The van der Waals surface area contributed by atoms with Gasteiger partial charge < -0.3 is 14.4 Å². The van der Waals surface area contributed by atoms with Crippen molar-refractivity contribution in [3.05, 3.63) is 39.6 Å². The number of ether oxygens (including phenoxy) is 1. The van der Waals surface area contributed by atoms with Gasteiger partial charge in [0, 0.05) is 17.0 Å². The number of carbonyl (C=O) groups is 1. The van der Waals surface area contributed by atoms with Crippen LogP contribution in [-0.2, 0) is 16.1 Å². The molecule has 0 unspecified atom stereocenters. The van der Waals surface area contributed by atoms with Crippen molar-refractivity contribution in [1.29, 1.82) is 0 Å². The first kappa shape index (κ1) is 19.4. The molecule has 0 aliphatic heterocycles. The third-order valence-electron chi connectivity index (χ3n) is 7.12. The van der Waals surface area contributed by atoms with E-state index in [1.807, 2.05) is 6.07 Å². The van der Waals surface area contributed by atoms with Crippen molar-refractivity contribution in [2.24, 2.45) is 5.41 Å². The maximum absolute atomic E-state index is 11.7. The lowest BCUT2D eigenvalue weighted by Crippen LogP contribution is -2.50. The van der Waals surface area contributed by atoms with Gasteiger partial charge in [0.05, 0.1) is 27.7 Å². The first-order valence-corrected chi connectivity index (χ1v) is 11.0. The average molecular weight is 436 g/mol. The SMILES string of the molecule is O=C(O)C12CCC(OCc3c(-c4c(Cl)cccc4Cl)noc3C3CC3)(CC1)CC2. The van der Waals surface area contributed by atoms with Crippen molar-refractivity contribution in [2.45, 2.75) is 69.5 Å². The van der Waals surface area contributed by atoms with Crippen LogP contribution in [0, 0.1) is 5.41 Å². The van der Waals surface area contributed by atoms with Crippen LogP contribution in [-0.4, -0.2) is 21.8 Å². The maximum atomic E-state index is 11.7. The predicted molar refractivity (Wildman–Crippen MR) is 109 cm³/mol. The molecule has 0 spiro atoms. The summed E-state index contributed by atoms with van der Waals surface area (Å²) < 4.78 is 12.2. The molecule has 1 aromatic carbocycles. The molecule has 4 aliphatic rings. The Morgan fingerprint density at radius 2 is 1.76 bits per heavy atom. The Kier molecular flexibility index (Phi) is 4.68. The van der Waals surface area contributed by atoms with Crippen molar-refractivity contribution in [3.63, 3.8) is 0 Å². The zero-order chi connectivity index (χ0) is 20.2. The standard InChI is InChI=1S/C22H23Cl2NO4/c23-15-2-1-3-16(24)17(15)18-14(19(29-25-18)13-4-5-13)12-28-22-9-6-21(7-10-22,8-11-22)20(26)27/h1-3,13H,4-12H2,(H,26,27). The molecule has 4 fully saturated rings. The number of hydrogen-bond donors (Lipinski definition) is 1. The third kappa shape index (κ3) is 3.28. The molecule has 4 saturated carbocycles. The summed E-state index contributed by atoms with van der Waals surface area (Å²) in [5.74, 6) is 0.598. The number of benzene rings is 1. The summed E-state index contributed by atoms with van der Waals surface area (Å²) in [6, 6.07) is 5.40. The highest BCUT2D eigenvalue weighted by molar-refractivity contribution is 6.39. The fourth-order valence-corrected chi connectivity index (χ4v) is 5.54. The molecule has 1 aromatic heterocycles. The highest BCUT2D eigenvalue weighted by Gasteiger charge is 2.53. The first-order valence-electron chi connectivity index (χ1n) is 10.2. The number of aliphatic carboxylic acids is 1. The van der Waals surface area contributed by atoms with Gasteiger partial charge >= 0.3 is 5.97 Å². The number of aromatic nitrogens is 1. The van der Waals surface area contributed by atoms with Crippen LogP contribution in [0.25, 0.3) is 11.3 Å². The molecule has 0 radical (unpaired) electrons. The number of carboxylic acid groups (broad SMARTS) is 1. The Morgan fingerprint density at radius 1 is 1.14 bits per heavy atom. The van der Waals surface area contributed by atoms with Crippen molar-refractivity contribution in [1.82, 2.24) is 5.16 Å². The van der Waals surface area contributed by atoms with E-state index in [-0.39, 0.29) is 5.60 Å². The van der Waals surface area contributed by atoms with Crippen molar-refractivity contribution in [3.8, 4) is 11.3 Å². The molecule has 0 amide bonds. The van der Waals surface area contributed by atoms with Crippen LogP contribution in [0.3, 0.4) is 0 Å². The van der Waals surface area contributed by atoms with E-state index < -0.39 is 11.4 Å². The van der Waals surface area contributed by atoms with Gasteiger partial charge in [-0.1, -0.05) is 34.4 Å². The molecule has 154 valence electrons. The summed E-state index contributed by atoms with van der Waals surface area (Å²) in [6.45, 7) is 0.381. The molecule has 1 heterocycles. The minimum atomic E-state index is -0.656. The Bertz CT molecular complexity index is 921. The summed E-state index contributed by atoms with van der Waals surface area (Å²) in [5, 5.41) is 15.0. The fourth-order valence-electron chi connectivity index (χ4n) is 4.96. The summed E-state index contributed by atoms with van der Waals surface area (Å²) in [6.07, 6.45) is 6.58. The molecule has 0 saturated heterocycles. The monoisotopic (exact) mass is 435 g/mol. The van der Waals surface area contributed by atoms with Gasteiger partial charge in [-0.2, -0.15) is 0 Å². The van der Waals surface area contributed by atoms with Gasteiger partial charge in [-0.15, -0.1) is 0 Å². The van der Waals surface area contributed by atoms with Crippen LogP contribution >= 0.6 is 23.2 Å². The van der Waals surface area contributed by atoms with E-state index in [1.165, 1.54) is 0 Å². The molecule has 2 aromatic rings. The van der Waals surface area contributed by atoms with E-state index in [9.17, 15) is 9.90 Å². The summed E-state index contributed by atoms with van der Waals surface area (Å²) in [7, 11) is 0. The molecule has 29 heavy (non-hydrogen) atoms. The van der Waals surface area contributed by atoms with Gasteiger partial charge in [0.1, 0.15) is 11.5 Å². The second kappa shape index (κ2) is 7.00. The Hall–Kier alpha value is -1.56. The van der Waals surface area contributed by atoms with Crippen LogP contribution in [0.4, 0.5) is 0 Å². The lowest BCUT2D eigenvalue weighted by molar-refractivity contribution is -0.175. The summed E-state index contributed by atoms with van der Waals surface area (Å²) in [4.78, 5) is 11.7. The second-order valence-corrected chi connectivity index (χ2v) is 9.62. The van der Waals surface area contributed by atoms with Gasteiger partial charge in [-0.25, -0.2) is 0 Å². The molecule has 7 heteroatoms. The zero-order valence-corrected chi connectivity index (χ0v) is 17.6. The third-order valence-corrected chi connectivity index (χ3v) is 7.75. The Morgan fingerprint density at radius 3 is 2.31 bits per heavy atom. The van der Waals surface area contributed by atoms with Crippen LogP contribution in [0.1, 0.15) is 68.6 Å². The van der Waals surface area contributed by atoms with E-state index in [4.69, 9.17) is 32.5 Å². The number of carboxylic acids is 1. The second-order valence-electron chi connectivity index (χ2n) is 8.80. The van der Waals surface area contributed by atoms with Crippen molar-refractivity contribution < 1.29 is 19.2 Å². The summed E-state index contributed by atoms with van der Waals surface area (Å²) >= 11 is 12.9. The zero-order valence-electron chi connectivity index (χ0n) is 16.0. The number of nitrogens with zero attached hydrogens (tertiary/aromatic N) is 1. The van der Waals surface area contributed by atoms with Gasteiger partial charge in [0.15, 0.2) is 0 Å². The van der Waals surface area contributed by atoms with Crippen LogP contribution in [0.2, 0.25) is 10.0 Å². The fraction of sp³-hybridized carbons (Fsp3) is 0.545. The molecule has 1 N–H and O–H groups in total. The average Bonchev–Trinajstić information content (AvgIpc) is 3.48. The van der Waals surface area contributed by atoms with Crippen molar-refractivity contribution >= 4 is 29.2 Å². The minimum absolute atomic E-state index is 0.253. The van der Waals surface area contributed by atoms with E-state index in [0.29, 0.717) is 53.1 Å². The van der Waals surface area contributed by atoms with E-state index in [0.717, 1.165) is 43.4 Å². The normalized spacial score (nSPS) is 28.6.